The van der Waals surface area contributed by atoms with Crippen LogP contribution in [0.5, 0.6) is 0 Å². The summed E-state index contributed by atoms with van der Waals surface area (Å²) in [6, 6.07) is 14.4. The van der Waals surface area contributed by atoms with Crippen LogP contribution >= 0.6 is 0 Å². The Bertz CT molecular complexity index is 705. The van der Waals surface area contributed by atoms with E-state index in [-0.39, 0.29) is 17.0 Å². The Morgan fingerprint density at radius 3 is 2.20 bits per heavy atom. The van der Waals surface area contributed by atoms with E-state index in [1.807, 2.05) is 6.92 Å². The topological polar surface area (TPSA) is 43.4 Å². The van der Waals surface area contributed by atoms with Crippen molar-refractivity contribution in [3.8, 4) is 0 Å². The van der Waals surface area contributed by atoms with Crippen LogP contribution in [0.3, 0.4) is 0 Å². The fourth-order valence-electron chi connectivity index (χ4n) is 1.60. The van der Waals surface area contributed by atoms with E-state index in [1.165, 1.54) is 12.1 Å². The van der Waals surface area contributed by atoms with Gasteiger partial charge in [-0.25, -0.2) is 4.39 Å². The Labute approximate surface area is 117 Å². The molecule has 0 aliphatic carbocycles. The van der Waals surface area contributed by atoms with Gasteiger partial charge in [-0.15, -0.1) is 0 Å². The van der Waals surface area contributed by atoms with Crippen LogP contribution in [0.2, 0.25) is 0 Å². The number of hydrogen-bond donors (Lipinski definition) is 0. The fourth-order valence-corrected chi connectivity index (χ4v) is 2.54. The molecule has 0 aliphatic rings. The maximum absolute atomic E-state index is 12.9. The van der Waals surface area contributed by atoms with Gasteiger partial charge in [0, 0.05) is 5.56 Å². The van der Waals surface area contributed by atoms with Crippen molar-refractivity contribution in [1.82, 2.24) is 0 Å². The smallest absolute Gasteiger partial charge is 0.339 e. The van der Waals surface area contributed by atoms with Crippen molar-refractivity contribution in [3.05, 3.63) is 72.1 Å². The molecule has 0 radical (unpaired) electrons. The first-order valence-corrected chi connectivity index (χ1v) is 7.31. The standard InChI is InChI=1S/C15H13FO3S/c1-12-7-9-14(10-8-12)20(17,18)19-15(11-16)13-5-3-2-4-6-13/h2-11H,1H3/b15-11-. The molecule has 0 fully saturated rings. The summed E-state index contributed by atoms with van der Waals surface area (Å²) in [6.45, 7) is 1.84. The highest BCUT2D eigenvalue weighted by Gasteiger charge is 2.18. The van der Waals surface area contributed by atoms with Gasteiger partial charge in [0.25, 0.3) is 0 Å². The SMILES string of the molecule is Cc1ccc(S(=O)(=O)O/C(=C\F)c2ccccc2)cc1. The predicted molar refractivity (Wildman–Crippen MR) is 75.0 cm³/mol. The van der Waals surface area contributed by atoms with Gasteiger partial charge < -0.3 is 4.18 Å². The first kappa shape index (κ1) is 14.3. The minimum Gasteiger partial charge on any atom is -0.376 e. The molecule has 20 heavy (non-hydrogen) atoms. The molecule has 0 aromatic heterocycles. The van der Waals surface area contributed by atoms with Gasteiger partial charge in [0.15, 0.2) is 5.76 Å². The Kier molecular flexibility index (Phi) is 4.20. The third-order valence-corrected chi connectivity index (χ3v) is 3.92. The van der Waals surface area contributed by atoms with E-state index in [4.69, 9.17) is 4.18 Å². The van der Waals surface area contributed by atoms with Crippen LogP contribution in [0.1, 0.15) is 11.1 Å². The lowest BCUT2D eigenvalue weighted by Gasteiger charge is -2.09. The number of benzene rings is 2. The molecule has 0 N–H and O–H groups in total. The van der Waals surface area contributed by atoms with E-state index in [9.17, 15) is 12.8 Å². The van der Waals surface area contributed by atoms with Crippen LogP contribution in [-0.2, 0) is 14.3 Å². The lowest BCUT2D eigenvalue weighted by molar-refractivity contribution is 0.457. The van der Waals surface area contributed by atoms with Crippen LogP contribution < -0.4 is 0 Å². The van der Waals surface area contributed by atoms with Crippen LogP contribution in [0, 0.1) is 6.92 Å². The van der Waals surface area contributed by atoms with Crippen molar-refractivity contribution in [2.75, 3.05) is 0 Å². The zero-order chi connectivity index (χ0) is 14.6. The van der Waals surface area contributed by atoms with Gasteiger partial charge in [-0.2, -0.15) is 8.42 Å². The summed E-state index contributed by atoms with van der Waals surface area (Å²) < 4.78 is 41.9. The molecule has 3 nitrogen and oxygen atoms in total. The van der Waals surface area contributed by atoms with Gasteiger partial charge in [0.1, 0.15) is 11.2 Å². The molecule has 0 heterocycles. The average Bonchev–Trinajstić information content (AvgIpc) is 2.46. The minimum atomic E-state index is -4.04. The molecule has 0 unspecified atom stereocenters. The number of aryl methyl sites for hydroxylation is 1. The highest BCUT2D eigenvalue weighted by atomic mass is 32.2. The summed E-state index contributed by atoms with van der Waals surface area (Å²) in [5.74, 6) is -0.342. The van der Waals surface area contributed by atoms with Crippen molar-refractivity contribution in [2.45, 2.75) is 11.8 Å². The summed E-state index contributed by atoms with van der Waals surface area (Å²) in [6.07, 6.45) is 0.140. The molecule has 2 aromatic rings. The fraction of sp³-hybridized carbons (Fsp3) is 0.0667. The highest BCUT2D eigenvalue weighted by Crippen LogP contribution is 2.23. The molecule has 0 bridgehead atoms. The Morgan fingerprint density at radius 2 is 1.65 bits per heavy atom. The quantitative estimate of drug-likeness (QED) is 0.638. The summed E-state index contributed by atoms with van der Waals surface area (Å²) in [5, 5.41) is 0. The zero-order valence-electron chi connectivity index (χ0n) is 10.8. The highest BCUT2D eigenvalue weighted by molar-refractivity contribution is 7.87. The summed E-state index contributed by atoms with van der Waals surface area (Å²) >= 11 is 0. The second-order valence-corrected chi connectivity index (χ2v) is 5.74. The molecule has 104 valence electrons. The molecule has 2 rings (SSSR count). The normalized spacial score (nSPS) is 12.2. The molecule has 5 heteroatoms. The van der Waals surface area contributed by atoms with Crippen molar-refractivity contribution >= 4 is 15.9 Å². The first-order valence-electron chi connectivity index (χ1n) is 5.90. The van der Waals surface area contributed by atoms with Crippen LogP contribution in [0.4, 0.5) is 4.39 Å². The van der Waals surface area contributed by atoms with Crippen molar-refractivity contribution in [3.63, 3.8) is 0 Å². The summed E-state index contributed by atoms with van der Waals surface area (Å²) in [5.41, 5.74) is 1.28. The predicted octanol–water partition coefficient (Wildman–Crippen LogP) is 3.67. The minimum absolute atomic E-state index is 0.0154. The molecule has 0 saturated carbocycles. The molecule has 0 spiro atoms. The zero-order valence-corrected chi connectivity index (χ0v) is 11.6. The third kappa shape index (κ3) is 3.24. The largest absolute Gasteiger partial charge is 0.376 e. The van der Waals surface area contributed by atoms with Crippen LogP contribution in [0.15, 0.2) is 65.8 Å². The number of hydrogen-bond acceptors (Lipinski definition) is 3. The van der Waals surface area contributed by atoms with Gasteiger partial charge in [-0.1, -0.05) is 48.0 Å². The molecule has 2 aromatic carbocycles. The second kappa shape index (κ2) is 5.88. The van der Waals surface area contributed by atoms with E-state index in [1.54, 1.807) is 42.5 Å². The molecule has 0 saturated heterocycles. The van der Waals surface area contributed by atoms with Crippen molar-refractivity contribution < 1.29 is 17.0 Å². The Morgan fingerprint density at radius 1 is 1.05 bits per heavy atom. The molecule has 0 atom stereocenters. The van der Waals surface area contributed by atoms with E-state index in [0.29, 0.717) is 5.56 Å². The number of rotatable bonds is 4. The molecular weight excluding hydrogens is 279 g/mol. The maximum atomic E-state index is 12.9. The van der Waals surface area contributed by atoms with Crippen molar-refractivity contribution in [1.29, 1.82) is 0 Å². The van der Waals surface area contributed by atoms with Crippen LogP contribution in [-0.4, -0.2) is 8.42 Å². The van der Waals surface area contributed by atoms with E-state index in [2.05, 4.69) is 0 Å². The average molecular weight is 292 g/mol. The summed E-state index contributed by atoms with van der Waals surface area (Å²) in [4.78, 5) is -0.0154. The lowest BCUT2D eigenvalue weighted by atomic mass is 10.2. The summed E-state index contributed by atoms with van der Waals surface area (Å²) in [7, 11) is -4.04. The first-order chi connectivity index (χ1) is 9.53. The van der Waals surface area contributed by atoms with Crippen molar-refractivity contribution in [2.24, 2.45) is 0 Å². The van der Waals surface area contributed by atoms with E-state index >= 15 is 0 Å². The Hall–Kier alpha value is -2.14. The molecule has 0 amide bonds. The Balaban J connectivity index is 2.30. The molecule has 0 aliphatic heterocycles. The second-order valence-electron chi connectivity index (χ2n) is 4.19. The monoisotopic (exact) mass is 292 g/mol. The third-order valence-electron chi connectivity index (χ3n) is 2.67. The lowest BCUT2D eigenvalue weighted by Crippen LogP contribution is -2.05. The van der Waals surface area contributed by atoms with E-state index < -0.39 is 10.1 Å². The molecular formula is C15H13FO3S. The van der Waals surface area contributed by atoms with Crippen LogP contribution in [0.25, 0.3) is 5.76 Å². The number of halogens is 1. The van der Waals surface area contributed by atoms with Gasteiger partial charge in [-0.05, 0) is 19.1 Å². The van der Waals surface area contributed by atoms with Gasteiger partial charge in [-0.3, -0.25) is 0 Å². The van der Waals surface area contributed by atoms with E-state index in [0.717, 1.165) is 5.56 Å². The van der Waals surface area contributed by atoms with Gasteiger partial charge >= 0.3 is 10.1 Å². The maximum Gasteiger partial charge on any atom is 0.339 e. The van der Waals surface area contributed by atoms with Gasteiger partial charge in [0.05, 0.1) is 0 Å². The van der Waals surface area contributed by atoms with Gasteiger partial charge in [0.2, 0.25) is 0 Å².